The van der Waals surface area contributed by atoms with Crippen molar-refractivity contribution in [1.82, 2.24) is 4.90 Å². The summed E-state index contributed by atoms with van der Waals surface area (Å²) in [5.41, 5.74) is 0. The molecule has 0 unspecified atom stereocenters. The smallest absolute Gasteiger partial charge is 0.330 e. The van der Waals surface area contributed by atoms with Gasteiger partial charge in [-0.2, -0.15) is 0 Å². The molecule has 1 aliphatic rings. The number of methoxy groups -OCH3 is 1. The molecule has 0 aliphatic heterocycles. The first-order chi connectivity index (χ1) is 7.77. The van der Waals surface area contributed by atoms with E-state index in [9.17, 15) is 4.79 Å². The molecule has 1 rings (SSSR count). The van der Waals surface area contributed by atoms with Crippen LogP contribution in [0.2, 0.25) is 0 Å². The van der Waals surface area contributed by atoms with E-state index >= 15 is 0 Å². The first-order valence-electron chi connectivity index (χ1n) is 5.84. The van der Waals surface area contributed by atoms with Crippen LogP contribution < -0.4 is 0 Å². The third-order valence-corrected chi connectivity index (χ3v) is 2.53. The van der Waals surface area contributed by atoms with Gasteiger partial charge in [-0.3, -0.25) is 4.90 Å². The Hall–Kier alpha value is -0.870. The molecule has 0 aromatic carbocycles. The van der Waals surface area contributed by atoms with Crippen molar-refractivity contribution in [1.29, 1.82) is 0 Å². The van der Waals surface area contributed by atoms with Crippen molar-refractivity contribution in [3.8, 4) is 0 Å². The molecule has 0 bridgehead atoms. The highest BCUT2D eigenvalue weighted by molar-refractivity contribution is 5.81. The SMILES string of the molecule is CCOC(=O)/C=C/CN(CCOC)C1CC1. The lowest BCUT2D eigenvalue weighted by molar-refractivity contribution is -0.137. The summed E-state index contributed by atoms with van der Waals surface area (Å²) < 4.78 is 9.87. The molecule has 4 heteroatoms. The Balaban J connectivity index is 2.23. The zero-order chi connectivity index (χ0) is 11.8. The molecule has 1 fully saturated rings. The quantitative estimate of drug-likeness (QED) is 0.461. The normalized spacial score (nSPS) is 15.9. The minimum absolute atomic E-state index is 0.259. The summed E-state index contributed by atoms with van der Waals surface area (Å²) in [7, 11) is 1.71. The number of carbonyl (C=O) groups is 1. The fourth-order valence-electron chi connectivity index (χ4n) is 1.55. The standard InChI is InChI=1S/C12H21NO3/c1-3-16-12(14)5-4-8-13(9-10-15-2)11-6-7-11/h4-5,11H,3,6-10H2,1-2H3/b5-4+. The van der Waals surface area contributed by atoms with E-state index in [0.717, 1.165) is 19.7 Å². The highest BCUT2D eigenvalue weighted by atomic mass is 16.5. The van der Waals surface area contributed by atoms with Crippen LogP contribution in [0.5, 0.6) is 0 Å². The maximum atomic E-state index is 11.1. The van der Waals surface area contributed by atoms with Crippen LogP contribution in [0, 0.1) is 0 Å². The molecule has 1 saturated carbocycles. The molecule has 0 spiro atoms. The molecule has 0 saturated heterocycles. The maximum absolute atomic E-state index is 11.1. The average molecular weight is 227 g/mol. The van der Waals surface area contributed by atoms with E-state index in [-0.39, 0.29) is 5.97 Å². The Bertz CT molecular complexity index is 236. The highest BCUT2D eigenvalue weighted by Gasteiger charge is 2.27. The van der Waals surface area contributed by atoms with E-state index < -0.39 is 0 Å². The van der Waals surface area contributed by atoms with E-state index in [1.807, 2.05) is 6.08 Å². The van der Waals surface area contributed by atoms with Crippen molar-refractivity contribution in [2.24, 2.45) is 0 Å². The van der Waals surface area contributed by atoms with Crippen LogP contribution in [0.3, 0.4) is 0 Å². The summed E-state index contributed by atoms with van der Waals surface area (Å²) in [6, 6.07) is 0.682. The Labute approximate surface area is 97.2 Å². The highest BCUT2D eigenvalue weighted by Crippen LogP contribution is 2.26. The summed E-state index contributed by atoms with van der Waals surface area (Å²) in [5, 5.41) is 0. The monoisotopic (exact) mass is 227 g/mol. The molecule has 0 amide bonds. The van der Waals surface area contributed by atoms with Gasteiger partial charge in [0.2, 0.25) is 0 Å². The van der Waals surface area contributed by atoms with Gasteiger partial charge < -0.3 is 9.47 Å². The number of esters is 1. The Morgan fingerprint density at radius 2 is 2.25 bits per heavy atom. The largest absolute Gasteiger partial charge is 0.463 e. The second-order valence-electron chi connectivity index (χ2n) is 3.87. The molecule has 92 valence electrons. The molecule has 0 radical (unpaired) electrons. The van der Waals surface area contributed by atoms with Gasteiger partial charge >= 0.3 is 5.97 Å². The summed E-state index contributed by atoms with van der Waals surface area (Å²) >= 11 is 0. The number of carbonyl (C=O) groups excluding carboxylic acids is 1. The second-order valence-corrected chi connectivity index (χ2v) is 3.87. The lowest BCUT2D eigenvalue weighted by Gasteiger charge is -2.19. The molecule has 1 aliphatic carbocycles. The zero-order valence-electron chi connectivity index (χ0n) is 10.1. The fraction of sp³-hybridized carbons (Fsp3) is 0.750. The van der Waals surface area contributed by atoms with Crippen molar-refractivity contribution in [2.45, 2.75) is 25.8 Å². The van der Waals surface area contributed by atoms with Crippen LogP contribution in [0.25, 0.3) is 0 Å². The van der Waals surface area contributed by atoms with Crippen LogP contribution in [0.1, 0.15) is 19.8 Å². The minimum atomic E-state index is -0.259. The predicted molar refractivity (Wildman–Crippen MR) is 62.2 cm³/mol. The fourth-order valence-corrected chi connectivity index (χ4v) is 1.55. The van der Waals surface area contributed by atoms with Gasteiger partial charge in [-0.25, -0.2) is 4.79 Å². The number of hydrogen-bond acceptors (Lipinski definition) is 4. The van der Waals surface area contributed by atoms with Crippen LogP contribution in [0.4, 0.5) is 0 Å². The first-order valence-corrected chi connectivity index (χ1v) is 5.84. The second kappa shape index (κ2) is 7.41. The lowest BCUT2D eigenvalue weighted by Crippen LogP contribution is -2.29. The van der Waals surface area contributed by atoms with Crippen LogP contribution in [0.15, 0.2) is 12.2 Å². The topological polar surface area (TPSA) is 38.8 Å². The predicted octanol–water partition coefficient (Wildman–Crippen LogP) is 1.22. The lowest BCUT2D eigenvalue weighted by atomic mass is 10.4. The van der Waals surface area contributed by atoms with Crippen LogP contribution in [-0.4, -0.2) is 50.3 Å². The minimum Gasteiger partial charge on any atom is -0.463 e. The third kappa shape index (κ3) is 5.28. The Kier molecular flexibility index (Phi) is 6.11. The number of rotatable bonds is 8. The van der Waals surface area contributed by atoms with Gasteiger partial charge in [-0.05, 0) is 19.8 Å². The van der Waals surface area contributed by atoms with Gasteiger partial charge in [0.05, 0.1) is 13.2 Å². The molecule has 0 aromatic heterocycles. The van der Waals surface area contributed by atoms with Crippen LogP contribution in [-0.2, 0) is 14.3 Å². The zero-order valence-corrected chi connectivity index (χ0v) is 10.1. The average Bonchev–Trinajstić information content (AvgIpc) is 3.07. The summed E-state index contributed by atoms with van der Waals surface area (Å²) in [5.74, 6) is -0.259. The molecule has 0 heterocycles. The van der Waals surface area contributed by atoms with E-state index in [1.54, 1.807) is 14.0 Å². The van der Waals surface area contributed by atoms with Gasteiger partial charge in [-0.15, -0.1) is 0 Å². The van der Waals surface area contributed by atoms with E-state index in [0.29, 0.717) is 12.6 Å². The summed E-state index contributed by atoms with van der Waals surface area (Å²) in [6.45, 7) is 4.70. The van der Waals surface area contributed by atoms with Gasteiger partial charge in [0.25, 0.3) is 0 Å². The third-order valence-electron chi connectivity index (χ3n) is 2.53. The Morgan fingerprint density at radius 1 is 1.50 bits per heavy atom. The van der Waals surface area contributed by atoms with Gasteiger partial charge in [-0.1, -0.05) is 6.08 Å². The van der Waals surface area contributed by atoms with Crippen molar-refractivity contribution in [2.75, 3.05) is 33.4 Å². The molecule has 0 atom stereocenters. The molecule has 16 heavy (non-hydrogen) atoms. The van der Waals surface area contributed by atoms with Gasteiger partial charge in [0.1, 0.15) is 0 Å². The van der Waals surface area contributed by atoms with Gasteiger partial charge in [0.15, 0.2) is 0 Å². The summed E-state index contributed by atoms with van der Waals surface area (Å²) in [4.78, 5) is 13.4. The molecule has 0 aromatic rings. The van der Waals surface area contributed by atoms with Crippen molar-refractivity contribution >= 4 is 5.97 Å². The van der Waals surface area contributed by atoms with Gasteiger partial charge in [0, 0.05) is 32.3 Å². The number of nitrogens with zero attached hydrogens (tertiary/aromatic N) is 1. The van der Waals surface area contributed by atoms with Crippen molar-refractivity contribution < 1.29 is 14.3 Å². The molecule has 0 N–H and O–H groups in total. The first kappa shape index (κ1) is 13.2. The van der Waals surface area contributed by atoms with Crippen molar-refractivity contribution in [3.63, 3.8) is 0 Å². The van der Waals surface area contributed by atoms with E-state index in [4.69, 9.17) is 9.47 Å². The Morgan fingerprint density at radius 3 is 2.81 bits per heavy atom. The van der Waals surface area contributed by atoms with E-state index in [2.05, 4.69) is 4.90 Å². The molecular formula is C12H21NO3. The molecular weight excluding hydrogens is 206 g/mol. The van der Waals surface area contributed by atoms with Crippen LogP contribution >= 0.6 is 0 Å². The van der Waals surface area contributed by atoms with Crippen molar-refractivity contribution in [3.05, 3.63) is 12.2 Å². The number of hydrogen-bond donors (Lipinski definition) is 0. The molecule has 4 nitrogen and oxygen atoms in total. The summed E-state index contributed by atoms with van der Waals surface area (Å²) in [6.07, 6.45) is 5.89. The number of ether oxygens (including phenoxy) is 2. The van der Waals surface area contributed by atoms with E-state index in [1.165, 1.54) is 18.9 Å². The maximum Gasteiger partial charge on any atom is 0.330 e.